The Hall–Kier alpha value is -1.02. The topological polar surface area (TPSA) is 29.1 Å². The molecule has 1 N–H and O–H groups in total. The van der Waals surface area contributed by atoms with Crippen LogP contribution in [0.1, 0.15) is 25.0 Å². The van der Waals surface area contributed by atoms with Crippen molar-refractivity contribution in [2.75, 3.05) is 5.88 Å². The van der Waals surface area contributed by atoms with E-state index in [1.165, 1.54) is 0 Å². The smallest absolute Gasteiger partial charge is 0.224 e. The molecule has 1 aromatic carbocycles. The van der Waals surface area contributed by atoms with E-state index in [-0.39, 0.29) is 17.9 Å². The van der Waals surface area contributed by atoms with Crippen LogP contribution in [0.4, 0.5) is 0 Å². The van der Waals surface area contributed by atoms with E-state index in [2.05, 4.69) is 5.32 Å². The van der Waals surface area contributed by atoms with E-state index in [9.17, 15) is 4.79 Å². The van der Waals surface area contributed by atoms with Gasteiger partial charge in [-0.2, -0.15) is 0 Å². The number of amides is 1. The molecule has 1 aromatic rings. The second-order valence-electron chi connectivity index (χ2n) is 4.59. The van der Waals surface area contributed by atoms with Crippen LogP contribution in [0.25, 0.3) is 0 Å². The van der Waals surface area contributed by atoms with Crippen LogP contribution in [0.5, 0.6) is 0 Å². The van der Waals surface area contributed by atoms with Crippen molar-refractivity contribution in [1.29, 1.82) is 0 Å². The Labute approximate surface area is 108 Å². The first kappa shape index (κ1) is 14.0. The summed E-state index contributed by atoms with van der Waals surface area (Å²) in [6, 6.07) is 8.07. The Morgan fingerprint density at radius 2 is 2.00 bits per heavy atom. The van der Waals surface area contributed by atoms with Gasteiger partial charge in [-0.25, -0.2) is 0 Å². The minimum atomic E-state index is 0.0590. The van der Waals surface area contributed by atoms with Gasteiger partial charge in [0.15, 0.2) is 0 Å². The summed E-state index contributed by atoms with van der Waals surface area (Å²) in [5.74, 6) is 0.910. The maximum Gasteiger partial charge on any atom is 0.224 e. The van der Waals surface area contributed by atoms with Crippen molar-refractivity contribution in [3.8, 4) is 0 Å². The van der Waals surface area contributed by atoms with Gasteiger partial charge in [-0.15, -0.1) is 11.6 Å². The second kappa shape index (κ2) is 6.65. The first-order chi connectivity index (χ1) is 8.04. The molecule has 0 aliphatic carbocycles. The van der Waals surface area contributed by atoms with E-state index in [1.54, 1.807) is 0 Å². The van der Waals surface area contributed by atoms with Crippen LogP contribution in [0, 0.1) is 12.8 Å². The Bertz CT molecular complexity index is 378. The number of aryl methyl sites for hydroxylation is 1. The van der Waals surface area contributed by atoms with Gasteiger partial charge in [0.25, 0.3) is 0 Å². The van der Waals surface area contributed by atoms with Crippen LogP contribution < -0.4 is 5.32 Å². The van der Waals surface area contributed by atoms with Crippen LogP contribution in [0.2, 0.25) is 0 Å². The van der Waals surface area contributed by atoms with Crippen molar-refractivity contribution in [3.63, 3.8) is 0 Å². The highest BCUT2D eigenvalue weighted by molar-refractivity contribution is 6.18. The maximum absolute atomic E-state index is 11.8. The van der Waals surface area contributed by atoms with E-state index in [0.717, 1.165) is 11.1 Å². The SMILES string of the molecule is Cc1ccccc1CC(=O)NC(C)C(C)CCl. The quantitative estimate of drug-likeness (QED) is 0.804. The van der Waals surface area contributed by atoms with Crippen LogP contribution in [0.3, 0.4) is 0 Å². The molecule has 2 atom stereocenters. The average molecular weight is 254 g/mol. The lowest BCUT2D eigenvalue weighted by atomic mass is 10.0. The van der Waals surface area contributed by atoms with Gasteiger partial charge in [0.2, 0.25) is 5.91 Å². The molecule has 0 aromatic heterocycles. The third kappa shape index (κ3) is 4.39. The largest absolute Gasteiger partial charge is 0.353 e. The lowest BCUT2D eigenvalue weighted by molar-refractivity contribution is -0.121. The van der Waals surface area contributed by atoms with Crippen molar-refractivity contribution >= 4 is 17.5 Å². The van der Waals surface area contributed by atoms with Crippen molar-refractivity contribution < 1.29 is 4.79 Å². The Balaban J connectivity index is 2.53. The molecule has 0 saturated carbocycles. The van der Waals surface area contributed by atoms with Gasteiger partial charge in [-0.1, -0.05) is 31.2 Å². The summed E-state index contributed by atoms with van der Waals surface area (Å²) in [5, 5.41) is 2.98. The molecule has 1 amide bonds. The van der Waals surface area contributed by atoms with E-state index >= 15 is 0 Å². The van der Waals surface area contributed by atoms with Crippen LogP contribution in [-0.4, -0.2) is 17.8 Å². The van der Waals surface area contributed by atoms with Gasteiger partial charge < -0.3 is 5.32 Å². The molecule has 0 saturated heterocycles. The molecule has 0 bridgehead atoms. The summed E-state index contributed by atoms with van der Waals surface area (Å²) >= 11 is 5.76. The van der Waals surface area contributed by atoms with E-state index in [0.29, 0.717) is 12.3 Å². The molecule has 2 unspecified atom stereocenters. The van der Waals surface area contributed by atoms with Crippen LogP contribution in [0.15, 0.2) is 24.3 Å². The summed E-state index contributed by atoms with van der Waals surface area (Å²) in [5.41, 5.74) is 2.23. The molecule has 0 fully saturated rings. The molecule has 0 heterocycles. The number of hydrogen-bond acceptors (Lipinski definition) is 1. The van der Waals surface area contributed by atoms with E-state index < -0.39 is 0 Å². The highest BCUT2D eigenvalue weighted by atomic mass is 35.5. The Kier molecular flexibility index (Phi) is 5.49. The summed E-state index contributed by atoms with van der Waals surface area (Å²) < 4.78 is 0. The number of hydrogen-bond donors (Lipinski definition) is 1. The highest BCUT2D eigenvalue weighted by Crippen LogP contribution is 2.09. The number of carbonyl (C=O) groups is 1. The fourth-order valence-corrected chi connectivity index (χ4v) is 1.83. The molecule has 0 aliphatic rings. The molecule has 3 heteroatoms. The van der Waals surface area contributed by atoms with Gasteiger partial charge in [0, 0.05) is 11.9 Å². The highest BCUT2D eigenvalue weighted by Gasteiger charge is 2.14. The lowest BCUT2D eigenvalue weighted by Crippen LogP contribution is -2.38. The Morgan fingerprint density at radius 3 is 2.59 bits per heavy atom. The molecule has 0 aliphatic heterocycles. The van der Waals surface area contributed by atoms with Gasteiger partial charge in [0.1, 0.15) is 0 Å². The predicted molar refractivity (Wildman–Crippen MR) is 72.4 cm³/mol. The first-order valence-electron chi connectivity index (χ1n) is 5.94. The molecular formula is C14H20ClNO. The number of nitrogens with one attached hydrogen (secondary N) is 1. The summed E-state index contributed by atoms with van der Waals surface area (Å²) in [6.07, 6.45) is 0.437. The zero-order valence-corrected chi connectivity index (χ0v) is 11.4. The molecular weight excluding hydrogens is 234 g/mol. The molecule has 17 heavy (non-hydrogen) atoms. The van der Waals surface area contributed by atoms with E-state index in [4.69, 9.17) is 11.6 Å². The lowest BCUT2D eigenvalue weighted by Gasteiger charge is -2.19. The minimum Gasteiger partial charge on any atom is -0.353 e. The van der Waals surface area contributed by atoms with Crippen molar-refractivity contribution in [3.05, 3.63) is 35.4 Å². The molecule has 1 rings (SSSR count). The van der Waals surface area contributed by atoms with Crippen molar-refractivity contribution in [1.82, 2.24) is 5.32 Å². The first-order valence-corrected chi connectivity index (χ1v) is 6.48. The molecule has 94 valence electrons. The zero-order valence-electron chi connectivity index (χ0n) is 10.7. The third-order valence-electron chi connectivity index (χ3n) is 3.10. The van der Waals surface area contributed by atoms with Gasteiger partial charge in [-0.05, 0) is 30.9 Å². The number of halogens is 1. The molecule has 0 radical (unpaired) electrons. The number of rotatable bonds is 5. The second-order valence-corrected chi connectivity index (χ2v) is 4.90. The summed E-state index contributed by atoms with van der Waals surface area (Å²) in [6.45, 7) is 6.04. The maximum atomic E-state index is 11.8. The summed E-state index contributed by atoms with van der Waals surface area (Å²) in [4.78, 5) is 11.8. The number of benzene rings is 1. The Morgan fingerprint density at radius 1 is 1.35 bits per heavy atom. The van der Waals surface area contributed by atoms with Crippen LogP contribution in [-0.2, 0) is 11.2 Å². The number of alkyl halides is 1. The van der Waals surface area contributed by atoms with Gasteiger partial charge in [-0.3, -0.25) is 4.79 Å². The summed E-state index contributed by atoms with van der Waals surface area (Å²) in [7, 11) is 0. The zero-order chi connectivity index (χ0) is 12.8. The fourth-order valence-electron chi connectivity index (χ4n) is 1.56. The van der Waals surface area contributed by atoms with Crippen LogP contribution >= 0.6 is 11.6 Å². The van der Waals surface area contributed by atoms with Crippen molar-refractivity contribution in [2.24, 2.45) is 5.92 Å². The monoisotopic (exact) mass is 253 g/mol. The van der Waals surface area contributed by atoms with Gasteiger partial charge in [0.05, 0.1) is 6.42 Å². The number of carbonyl (C=O) groups excluding carboxylic acids is 1. The van der Waals surface area contributed by atoms with E-state index in [1.807, 2.05) is 45.0 Å². The predicted octanol–water partition coefficient (Wildman–Crippen LogP) is 2.92. The molecule has 2 nitrogen and oxygen atoms in total. The third-order valence-corrected chi connectivity index (χ3v) is 3.58. The normalized spacial score (nSPS) is 14.1. The minimum absolute atomic E-state index is 0.0590. The average Bonchev–Trinajstić information content (AvgIpc) is 2.31. The van der Waals surface area contributed by atoms with Gasteiger partial charge >= 0.3 is 0 Å². The standard InChI is InChI=1S/C14H20ClNO/c1-10-6-4-5-7-13(10)8-14(17)16-12(3)11(2)9-15/h4-7,11-12H,8-9H2,1-3H3,(H,16,17). The molecule has 0 spiro atoms. The van der Waals surface area contributed by atoms with Crippen molar-refractivity contribution in [2.45, 2.75) is 33.2 Å². The fraction of sp³-hybridized carbons (Fsp3) is 0.500.